The molecule has 0 heterocycles. The predicted octanol–water partition coefficient (Wildman–Crippen LogP) is 1.88. The summed E-state index contributed by atoms with van der Waals surface area (Å²) in [6.45, 7) is 5.10. The number of methoxy groups -OCH3 is 1. The van der Waals surface area contributed by atoms with Crippen LogP contribution in [0.4, 0.5) is 11.4 Å². The van der Waals surface area contributed by atoms with Gasteiger partial charge in [0.05, 0.1) is 13.2 Å². The molecule has 0 bridgehead atoms. The van der Waals surface area contributed by atoms with Gasteiger partial charge in [0.2, 0.25) is 11.8 Å². The van der Waals surface area contributed by atoms with Crippen LogP contribution in [0.1, 0.15) is 13.8 Å². The molecule has 0 fully saturated rings. The van der Waals surface area contributed by atoms with E-state index in [1.54, 1.807) is 31.4 Å². The normalized spacial score (nSPS) is 10.0. The number of carbonyl (C=O) groups excluding carboxylic acids is 2. The fourth-order valence-corrected chi connectivity index (χ4v) is 1.50. The van der Waals surface area contributed by atoms with Gasteiger partial charge < -0.3 is 20.7 Å². The molecule has 1 aromatic rings. The molecule has 3 N–H and O–H groups in total. The number of rotatable bonds is 8. The molecule has 0 atom stereocenters. The SMILES string of the molecule is COCCNCC(=O)Nc1ccc(NC(=O)C(C)C)cc1.Cl. The Morgan fingerprint density at radius 2 is 1.64 bits per heavy atom. The lowest BCUT2D eigenvalue weighted by Gasteiger charge is -2.09. The molecular weight excluding hydrogens is 306 g/mol. The first-order chi connectivity index (χ1) is 10.0. The minimum atomic E-state index is -0.120. The fourth-order valence-electron chi connectivity index (χ4n) is 1.50. The highest BCUT2D eigenvalue weighted by molar-refractivity contribution is 5.94. The van der Waals surface area contributed by atoms with Gasteiger partial charge in [-0.3, -0.25) is 9.59 Å². The van der Waals surface area contributed by atoms with Gasteiger partial charge in [-0.1, -0.05) is 13.8 Å². The van der Waals surface area contributed by atoms with Crippen molar-refractivity contribution < 1.29 is 14.3 Å². The second-order valence-corrected chi connectivity index (χ2v) is 4.94. The lowest BCUT2D eigenvalue weighted by molar-refractivity contribution is -0.119. The van der Waals surface area contributed by atoms with Gasteiger partial charge >= 0.3 is 0 Å². The van der Waals surface area contributed by atoms with Crippen LogP contribution in [0, 0.1) is 5.92 Å². The van der Waals surface area contributed by atoms with Crippen molar-refractivity contribution in [2.45, 2.75) is 13.8 Å². The van der Waals surface area contributed by atoms with E-state index in [4.69, 9.17) is 4.74 Å². The zero-order valence-corrected chi connectivity index (χ0v) is 14.0. The summed E-state index contributed by atoms with van der Waals surface area (Å²) in [7, 11) is 1.61. The third-order valence-corrected chi connectivity index (χ3v) is 2.73. The van der Waals surface area contributed by atoms with Crippen LogP contribution in [0.3, 0.4) is 0 Å². The zero-order chi connectivity index (χ0) is 15.7. The Morgan fingerprint density at radius 3 is 2.14 bits per heavy atom. The predicted molar refractivity (Wildman–Crippen MR) is 90.5 cm³/mol. The Labute approximate surface area is 137 Å². The van der Waals surface area contributed by atoms with Gasteiger partial charge in [-0.2, -0.15) is 0 Å². The third kappa shape index (κ3) is 7.97. The van der Waals surface area contributed by atoms with E-state index in [-0.39, 0.29) is 36.7 Å². The van der Waals surface area contributed by atoms with Crippen molar-refractivity contribution in [3.63, 3.8) is 0 Å². The molecule has 1 rings (SSSR count). The number of anilines is 2. The largest absolute Gasteiger partial charge is 0.383 e. The average Bonchev–Trinajstić information content (AvgIpc) is 2.45. The first kappa shape index (κ1) is 20.4. The van der Waals surface area contributed by atoms with Crippen molar-refractivity contribution in [2.75, 3.05) is 37.4 Å². The van der Waals surface area contributed by atoms with Gasteiger partial charge in [0.25, 0.3) is 0 Å². The summed E-state index contributed by atoms with van der Waals surface area (Å²) < 4.78 is 4.87. The first-order valence-electron chi connectivity index (χ1n) is 6.93. The van der Waals surface area contributed by atoms with Crippen LogP contribution in [0.15, 0.2) is 24.3 Å². The van der Waals surface area contributed by atoms with Crippen molar-refractivity contribution in [1.82, 2.24) is 5.32 Å². The standard InChI is InChI=1S/C15H23N3O3.ClH/c1-11(2)15(20)18-13-6-4-12(5-7-13)17-14(19)10-16-8-9-21-3;/h4-7,11,16H,8-10H2,1-3H3,(H,17,19)(H,18,20);1H. The van der Waals surface area contributed by atoms with Crippen LogP contribution in [0.5, 0.6) is 0 Å². The van der Waals surface area contributed by atoms with Crippen molar-refractivity contribution in [1.29, 1.82) is 0 Å². The number of ether oxygens (including phenoxy) is 1. The molecule has 0 unspecified atom stereocenters. The first-order valence-corrected chi connectivity index (χ1v) is 6.93. The van der Waals surface area contributed by atoms with Crippen LogP contribution < -0.4 is 16.0 Å². The molecule has 0 saturated heterocycles. The molecule has 0 aliphatic rings. The van der Waals surface area contributed by atoms with E-state index in [0.29, 0.717) is 24.5 Å². The number of nitrogens with one attached hydrogen (secondary N) is 3. The quantitative estimate of drug-likeness (QED) is 0.636. The molecular formula is C15H24ClN3O3. The van der Waals surface area contributed by atoms with Gasteiger partial charge in [0.1, 0.15) is 0 Å². The van der Waals surface area contributed by atoms with Crippen LogP contribution in [0.2, 0.25) is 0 Å². The van der Waals surface area contributed by atoms with E-state index in [9.17, 15) is 9.59 Å². The molecule has 124 valence electrons. The van der Waals surface area contributed by atoms with E-state index >= 15 is 0 Å². The lowest BCUT2D eigenvalue weighted by atomic mass is 10.2. The third-order valence-electron chi connectivity index (χ3n) is 2.73. The monoisotopic (exact) mass is 329 g/mol. The van der Waals surface area contributed by atoms with E-state index in [0.717, 1.165) is 0 Å². The maximum absolute atomic E-state index is 11.6. The summed E-state index contributed by atoms with van der Waals surface area (Å²) in [5, 5.41) is 8.52. The van der Waals surface area contributed by atoms with E-state index in [2.05, 4.69) is 16.0 Å². The number of benzene rings is 1. The smallest absolute Gasteiger partial charge is 0.238 e. The minimum Gasteiger partial charge on any atom is -0.383 e. The van der Waals surface area contributed by atoms with Crippen molar-refractivity contribution in [2.24, 2.45) is 5.92 Å². The highest BCUT2D eigenvalue weighted by Gasteiger charge is 2.07. The van der Waals surface area contributed by atoms with E-state index in [1.807, 2.05) is 13.8 Å². The maximum Gasteiger partial charge on any atom is 0.238 e. The van der Waals surface area contributed by atoms with Crippen LogP contribution in [-0.4, -0.2) is 38.6 Å². The molecule has 6 nitrogen and oxygen atoms in total. The number of halogens is 1. The average molecular weight is 330 g/mol. The summed E-state index contributed by atoms with van der Waals surface area (Å²) in [4.78, 5) is 23.2. The van der Waals surface area contributed by atoms with Gasteiger partial charge in [-0.15, -0.1) is 12.4 Å². The second kappa shape index (κ2) is 11.0. The molecule has 0 spiro atoms. The van der Waals surface area contributed by atoms with Crippen LogP contribution in [0.25, 0.3) is 0 Å². The summed E-state index contributed by atoms with van der Waals surface area (Å²) in [6.07, 6.45) is 0. The molecule has 0 saturated carbocycles. The number of carbonyl (C=O) groups is 2. The fraction of sp³-hybridized carbons (Fsp3) is 0.467. The van der Waals surface area contributed by atoms with Crippen LogP contribution >= 0.6 is 12.4 Å². The molecule has 22 heavy (non-hydrogen) atoms. The Balaban J connectivity index is 0.00000441. The summed E-state index contributed by atoms with van der Waals surface area (Å²) in [5.74, 6) is -0.221. The summed E-state index contributed by atoms with van der Waals surface area (Å²) >= 11 is 0. The Morgan fingerprint density at radius 1 is 1.09 bits per heavy atom. The van der Waals surface area contributed by atoms with Crippen molar-refractivity contribution >= 4 is 35.6 Å². The molecule has 2 amide bonds. The highest BCUT2D eigenvalue weighted by atomic mass is 35.5. The molecule has 1 aromatic carbocycles. The topological polar surface area (TPSA) is 79.5 Å². The summed E-state index contributed by atoms with van der Waals surface area (Å²) in [5.41, 5.74) is 1.40. The molecule has 7 heteroatoms. The van der Waals surface area contributed by atoms with Crippen molar-refractivity contribution in [3.05, 3.63) is 24.3 Å². The van der Waals surface area contributed by atoms with Crippen molar-refractivity contribution in [3.8, 4) is 0 Å². The van der Waals surface area contributed by atoms with E-state index in [1.165, 1.54) is 0 Å². The molecule has 0 aromatic heterocycles. The zero-order valence-electron chi connectivity index (χ0n) is 13.1. The minimum absolute atomic E-state index is 0. The second-order valence-electron chi connectivity index (χ2n) is 4.94. The highest BCUT2D eigenvalue weighted by Crippen LogP contribution is 2.14. The van der Waals surface area contributed by atoms with Gasteiger partial charge in [0, 0.05) is 30.9 Å². The van der Waals surface area contributed by atoms with E-state index < -0.39 is 0 Å². The maximum atomic E-state index is 11.6. The summed E-state index contributed by atoms with van der Waals surface area (Å²) in [6, 6.07) is 7.02. The van der Waals surface area contributed by atoms with Gasteiger partial charge in [0.15, 0.2) is 0 Å². The Kier molecular flexibility index (Phi) is 10.2. The molecule has 0 aliphatic carbocycles. The van der Waals surface area contributed by atoms with Crippen LogP contribution in [-0.2, 0) is 14.3 Å². The Bertz CT molecular complexity index is 464. The number of hydrogen-bond acceptors (Lipinski definition) is 4. The van der Waals surface area contributed by atoms with Gasteiger partial charge in [-0.25, -0.2) is 0 Å². The lowest BCUT2D eigenvalue weighted by Crippen LogP contribution is -2.30. The van der Waals surface area contributed by atoms with Gasteiger partial charge in [-0.05, 0) is 24.3 Å². The molecule has 0 radical (unpaired) electrons. The number of amides is 2. The Hall–Kier alpha value is -1.63. The number of hydrogen-bond donors (Lipinski definition) is 3. The molecule has 0 aliphatic heterocycles.